The quantitative estimate of drug-likeness (QED) is 0.263. The van der Waals surface area contributed by atoms with Crippen molar-refractivity contribution in [2.75, 3.05) is 7.11 Å². The van der Waals surface area contributed by atoms with Crippen molar-refractivity contribution in [3.05, 3.63) is 35.9 Å². The highest BCUT2D eigenvalue weighted by Gasteiger charge is 2.76. The van der Waals surface area contributed by atoms with Gasteiger partial charge in [-0.1, -0.05) is 30.3 Å². The van der Waals surface area contributed by atoms with Crippen LogP contribution in [-0.4, -0.2) is 59.4 Å². The highest BCUT2D eigenvalue weighted by Crippen LogP contribution is 2.47. The standard InChI is InChI=1S/C22H27NO8/c1-12(2)30-20(27)22(21(28)31-13(3)4)16(14(5)24)18(25)23(22)17(19(26)29-6)15-10-8-7-9-11-15/h7-13,16-17H,1-6H3. The summed E-state index contributed by atoms with van der Waals surface area (Å²) in [5, 5.41) is 0. The van der Waals surface area contributed by atoms with Gasteiger partial charge in [-0.3, -0.25) is 14.5 Å². The van der Waals surface area contributed by atoms with Gasteiger partial charge in [-0.05, 0) is 40.2 Å². The first-order valence-electron chi connectivity index (χ1n) is 9.88. The van der Waals surface area contributed by atoms with Crippen molar-refractivity contribution in [3.63, 3.8) is 0 Å². The van der Waals surface area contributed by atoms with Crippen LogP contribution in [-0.2, 0) is 38.2 Å². The first-order chi connectivity index (χ1) is 14.5. The van der Waals surface area contributed by atoms with Crippen LogP contribution in [0.4, 0.5) is 0 Å². The van der Waals surface area contributed by atoms with Crippen molar-refractivity contribution in [3.8, 4) is 0 Å². The van der Waals surface area contributed by atoms with E-state index in [1.165, 1.54) is 0 Å². The number of Topliss-reactive ketones (excluding diaryl/α,β-unsaturated/α-hetero) is 1. The number of carbonyl (C=O) groups is 5. The van der Waals surface area contributed by atoms with Crippen LogP contribution >= 0.6 is 0 Å². The number of esters is 3. The van der Waals surface area contributed by atoms with Crippen LogP contribution in [0.3, 0.4) is 0 Å². The molecule has 0 spiro atoms. The van der Waals surface area contributed by atoms with Gasteiger partial charge in [0.05, 0.1) is 19.3 Å². The van der Waals surface area contributed by atoms with E-state index in [4.69, 9.17) is 14.2 Å². The first kappa shape index (κ1) is 24.0. The minimum Gasteiger partial charge on any atom is -0.467 e. The number of β-lactam (4-membered cyclic amide) rings is 1. The van der Waals surface area contributed by atoms with E-state index in [1.807, 2.05) is 0 Å². The zero-order valence-electron chi connectivity index (χ0n) is 18.4. The Hall–Kier alpha value is -3.23. The summed E-state index contributed by atoms with van der Waals surface area (Å²) in [5.41, 5.74) is -2.16. The van der Waals surface area contributed by atoms with E-state index in [9.17, 15) is 24.0 Å². The second-order valence-electron chi connectivity index (χ2n) is 7.76. The van der Waals surface area contributed by atoms with Crippen molar-refractivity contribution in [1.82, 2.24) is 4.90 Å². The van der Waals surface area contributed by atoms with Crippen molar-refractivity contribution in [2.45, 2.75) is 58.4 Å². The van der Waals surface area contributed by atoms with Crippen molar-refractivity contribution in [1.29, 1.82) is 0 Å². The third-order valence-electron chi connectivity index (χ3n) is 4.79. The molecule has 168 valence electrons. The maximum absolute atomic E-state index is 13.3. The number of hydrogen-bond donors (Lipinski definition) is 0. The van der Waals surface area contributed by atoms with Gasteiger partial charge < -0.3 is 14.2 Å². The largest absolute Gasteiger partial charge is 0.467 e. The van der Waals surface area contributed by atoms with E-state index in [0.29, 0.717) is 5.56 Å². The van der Waals surface area contributed by atoms with E-state index < -0.39 is 59.3 Å². The molecule has 2 unspecified atom stereocenters. The molecule has 31 heavy (non-hydrogen) atoms. The van der Waals surface area contributed by atoms with E-state index in [1.54, 1.807) is 58.0 Å². The first-order valence-corrected chi connectivity index (χ1v) is 9.88. The van der Waals surface area contributed by atoms with Gasteiger partial charge >= 0.3 is 17.9 Å². The maximum Gasteiger partial charge on any atom is 0.345 e. The third-order valence-corrected chi connectivity index (χ3v) is 4.79. The van der Waals surface area contributed by atoms with E-state index in [2.05, 4.69) is 0 Å². The Balaban J connectivity index is 2.77. The highest BCUT2D eigenvalue weighted by molar-refractivity contribution is 6.25. The Kier molecular flexibility index (Phi) is 7.20. The lowest BCUT2D eigenvalue weighted by molar-refractivity contribution is -0.213. The Morgan fingerprint density at radius 1 is 0.935 bits per heavy atom. The molecule has 1 fully saturated rings. The van der Waals surface area contributed by atoms with Crippen LogP contribution in [0.1, 0.15) is 46.2 Å². The van der Waals surface area contributed by atoms with Gasteiger partial charge in [0, 0.05) is 0 Å². The number of likely N-dealkylation sites (tertiary alicyclic amines) is 1. The molecule has 0 N–H and O–H groups in total. The molecule has 1 aromatic rings. The monoisotopic (exact) mass is 433 g/mol. The molecule has 0 radical (unpaired) electrons. The van der Waals surface area contributed by atoms with Crippen LogP contribution in [0.2, 0.25) is 0 Å². The van der Waals surface area contributed by atoms with Gasteiger partial charge in [0.2, 0.25) is 5.91 Å². The lowest BCUT2D eigenvalue weighted by Gasteiger charge is -2.54. The van der Waals surface area contributed by atoms with E-state index in [0.717, 1.165) is 18.9 Å². The number of hydrogen-bond acceptors (Lipinski definition) is 8. The molecule has 9 nitrogen and oxygen atoms in total. The number of amides is 1. The summed E-state index contributed by atoms with van der Waals surface area (Å²) >= 11 is 0. The molecule has 0 aliphatic carbocycles. The second kappa shape index (κ2) is 9.28. The van der Waals surface area contributed by atoms with Gasteiger partial charge in [0.25, 0.3) is 5.54 Å². The van der Waals surface area contributed by atoms with Crippen LogP contribution < -0.4 is 0 Å². The average Bonchev–Trinajstić information content (AvgIpc) is 2.67. The topological polar surface area (TPSA) is 116 Å². The fourth-order valence-corrected chi connectivity index (χ4v) is 3.62. The van der Waals surface area contributed by atoms with Crippen LogP contribution in [0, 0.1) is 5.92 Å². The fraction of sp³-hybridized carbons (Fsp3) is 0.500. The van der Waals surface area contributed by atoms with Crippen LogP contribution in [0.5, 0.6) is 0 Å². The zero-order valence-corrected chi connectivity index (χ0v) is 18.4. The molecule has 2 atom stereocenters. The molecule has 1 heterocycles. The smallest absolute Gasteiger partial charge is 0.345 e. The number of ether oxygens (including phenoxy) is 3. The predicted octanol–water partition coefficient (Wildman–Crippen LogP) is 1.59. The average molecular weight is 433 g/mol. The van der Waals surface area contributed by atoms with Crippen LogP contribution in [0.15, 0.2) is 30.3 Å². The van der Waals surface area contributed by atoms with E-state index in [-0.39, 0.29) is 0 Å². The number of methoxy groups -OCH3 is 1. The summed E-state index contributed by atoms with van der Waals surface area (Å²) in [6.07, 6.45) is -1.32. The minimum atomic E-state index is -2.45. The number of ketones is 1. The SMILES string of the molecule is COC(=O)C(c1ccccc1)N1C(=O)C(C(C)=O)C1(C(=O)OC(C)C)C(=O)OC(C)C. The van der Waals surface area contributed by atoms with Gasteiger partial charge in [-0.25, -0.2) is 14.4 Å². The molecular weight excluding hydrogens is 406 g/mol. The highest BCUT2D eigenvalue weighted by atomic mass is 16.6. The number of carbonyl (C=O) groups excluding carboxylic acids is 5. The Morgan fingerprint density at radius 2 is 1.42 bits per heavy atom. The summed E-state index contributed by atoms with van der Waals surface area (Å²) in [4.78, 5) is 65.6. The molecule has 0 saturated carbocycles. The van der Waals surface area contributed by atoms with Crippen LogP contribution in [0.25, 0.3) is 0 Å². The normalized spacial score (nSPS) is 18.3. The summed E-state index contributed by atoms with van der Waals surface area (Å²) in [5.74, 6) is -6.44. The molecule has 1 amide bonds. The van der Waals surface area contributed by atoms with E-state index >= 15 is 0 Å². The lowest BCUT2D eigenvalue weighted by Crippen LogP contribution is -2.81. The van der Waals surface area contributed by atoms with Crippen molar-refractivity contribution >= 4 is 29.6 Å². The van der Waals surface area contributed by atoms with Gasteiger partial charge in [-0.15, -0.1) is 0 Å². The van der Waals surface area contributed by atoms with Gasteiger partial charge in [-0.2, -0.15) is 0 Å². The molecule has 0 aromatic heterocycles. The summed E-state index contributed by atoms with van der Waals surface area (Å²) in [7, 11) is 1.12. The Morgan fingerprint density at radius 3 is 1.81 bits per heavy atom. The molecular formula is C22H27NO8. The zero-order chi connectivity index (χ0) is 23.5. The Bertz CT molecular complexity index is 855. The predicted molar refractivity (Wildman–Crippen MR) is 107 cm³/mol. The van der Waals surface area contributed by atoms with Gasteiger partial charge in [0.1, 0.15) is 11.7 Å². The third kappa shape index (κ3) is 4.17. The maximum atomic E-state index is 13.3. The summed E-state index contributed by atoms with van der Waals surface area (Å²) in [6.45, 7) is 7.32. The fourth-order valence-electron chi connectivity index (χ4n) is 3.62. The second-order valence-corrected chi connectivity index (χ2v) is 7.76. The van der Waals surface area contributed by atoms with Gasteiger partial charge in [0.15, 0.2) is 6.04 Å². The molecule has 1 saturated heterocycles. The summed E-state index contributed by atoms with van der Waals surface area (Å²) < 4.78 is 15.4. The summed E-state index contributed by atoms with van der Waals surface area (Å²) in [6, 6.07) is 6.57. The number of nitrogens with zero attached hydrogens (tertiary/aromatic N) is 1. The number of rotatable bonds is 8. The lowest BCUT2D eigenvalue weighted by atomic mass is 9.69. The Labute approximate surface area is 180 Å². The number of benzene rings is 1. The molecule has 9 heteroatoms. The van der Waals surface area contributed by atoms with Crippen molar-refractivity contribution in [2.24, 2.45) is 5.92 Å². The molecule has 1 aromatic carbocycles. The molecule has 1 aliphatic heterocycles. The molecule has 1 aliphatic rings. The molecule has 0 bridgehead atoms. The molecule has 2 rings (SSSR count). The van der Waals surface area contributed by atoms with Crippen molar-refractivity contribution < 1.29 is 38.2 Å². The minimum absolute atomic E-state index is 0.295.